The number of aliphatic imine (C=N–C) groups is 1. The smallest absolute Gasteiger partial charge is 0.191 e. The van der Waals surface area contributed by atoms with E-state index in [9.17, 15) is 0 Å². The van der Waals surface area contributed by atoms with Gasteiger partial charge in [-0.1, -0.05) is 6.08 Å². The lowest BCUT2D eigenvalue weighted by atomic mass is 10.1. The van der Waals surface area contributed by atoms with Crippen LogP contribution in [0.5, 0.6) is 0 Å². The second kappa shape index (κ2) is 13.1. The summed E-state index contributed by atoms with van der Waals surface area (Å²) in [6.45, 7) is 11.9. The standard InChI is InChI=1S/C17H31N7.HI/c1-3-10-23-12-7-16(8-13-23)22-17(18-4-2)19-9-5-6-11-24-14-20-21-15-24;/h3,14-16H,1,4-13H2,2H3,(H2,18,19,22);1H. The van der Waals surface area contributed by atoms with Crippen LogP contribution in [0, 0.1) is 0 Å². The highest BCUT2D eigenvalue weighted by Crippen LogP contribution is 2.09. The summed E-state index contributed by atoms with van der Waals surface area (Å²) in [5.74, 6) is 0.948. The minimum Gasteiger partial charge on any atom is -0.357 e. The number of piperidine rings is 1. The van der Waals surface area contributed by atoms with Crippen molar-refractivity contribution < 1.29 is 0 Å². The maximum atomic E-state index is 4.71. The molecule has 0 amide bonds. The number of guanidine groups is 1. The zero-order valence-corrected chi connectivity index (χ0v) is 17.6. The van der Waals surface area contributed by atoms with Crippen molar-refractivity contribution in [3.05, 3.63) is 25.3 Å². The Labute approximate surface area is 168 Å². The summed E-state index contributed by atoms with van der Waals surface area (Å²) in [5.41, 5.74) is 0. The molecule has 0 atom stereocenters. The topological polar surface area (TPSA) is 70.4 Å². The van der Waals surface area contributed by atoms with Crippen molar-refractivity contribution in [1.29, 1.82) is 0 Å². The highest BCUT2D eigenvalue weighted by atomic mass is 127. The van der Waals surface area contributed by atoms with Crippen LogP contribution >= 0.6 is 24.0 Å². The van der Waals surface area contributed by atoms with Crippen molar-refractivity contribution in [3.63, 3.8) is 0 Å². The Kier molecular flexibility index (Phi) is 11.5. The zero-order chi connectivity index (χ0) is 17.0. The number of aryl methyl sites for hydroxylation is 1. The molecule has 0 saturated carbocycles. The van der Waals surface area contributed by atoms with E-state index in [0.717, 1.165) is 70.9 Å². The first kappa shape index (κ1) is 21.9. The van der Waals surface area contributed by atoms with Crippen LogP contribution < -0.4 is 10.6 Å². The van der Waals surface area contributed by atoms with E-state index in [1.807, 2.05) is 10.6 Å². The minimum atomic E-state index is 0. The van der Waals surface area contributed by atoms with Crippen LogP contribution in [0.3, 0.4) is 0 Å². The van der Waals surface area contributed by atoms with Gasteiger partial charge >= 0.3 is 0 Å². The van der Waals surface area contributed by atoms with Gasteiger partial charge in [-0.3, -0.25) is 9.89 Å². The van der Waals surface area contributed by atoms with Crippen molar-refractivity contribution >= 4 is 29.9 Å². The summed E-state index contributed by atoms with van der Waals surface area (Å²) in [7, 11) is 0. The summed E-state index contributed by atoms with van der Waals surface area (Å²) in [4.78, 5) is 7.15. The molecule has 0 aliphatic carbocycles. The third kappa shape index (κ3) is 8.66. The molecule has 8 heteroatoms. The molecule has 25 heavy (non-hydrogen) atoms. The Morgan fingerprint density at radius 1 is 1.28 bits per heavy atom. The third-order valence-corrected chi connectivity index (χ3v) is 4.22. The van der Waals surface area contributed by atoms with Crippen LogP contribution in [0.4, 0.5) is 0 Å². The number of nitrogens with one attached hydrogen (secondary N) is 2. The average molecular weight is 461 g/mol. The molecule has 2 N–H and O–H groups in total. The van der Waals surface area contributed by atoms with Crippen LogP contribution in [-0.4, -0.2) is 64.4 Å². The van der Waals surface area contributed by atoms with Gasteiger partial charge in [-0.15, -0.1) is 40.8 Å². The van der Waals surface area contributed by atoms with Crippen LogP contribution in [0.1, 0.15) is 32.6 Å². The molecule has 0 unspecified atom stereocenters. The monoisotopic (exact) mass is 461 g/mol. The predicted octanol–water partition coefficient (Wildman–Crippen LogP) is 1.88. The largest absolute Gasteiger partial charge is 0.357 e. The lowest BCUT2D eigenvalue weighted by Crippen LogP contribution is -2.48. The maximum Gasteiger partial charge on any atom is 0.191 e. The molecule has 2 heterocycles. The number of unbranched alkanes of at least 4 members (excludes halogenated alkanes) is 1. The van der Waals surface area contributed by atoms with Crippen LogP contribution in [0.25, 0.3) is 0 Å². The van der Waals surface area contributed by atoms with Crippen LogP contribution in [0.2, 0.25) is 0 Å². The molecule has 1 aromatic heterocycles. The van der Waals surface area contributed by atoms with Crippen molar-refractivity contribution in [2.24, 2.45) is 4.99 Å². The fourth-order valence-corrected chi connectivity index (χ4v) is 2.89. The second-order valence-electron chi connectivity index (χ2n) is 6.18. The molecule has 0 spiro atoms. The van der Waals surface area contributed by atoms with Gasteiger partial charge in [-0.2, -0.15) is 0 Å². The number of nitrogens with zero attached hydrogens (tertiary/aromatic N) is 5. The Morgan fingerprint density at radius 2 is 2.00 bits per heavy atom. The fraction of sp³-hybridized carbons (Fsp3) is 0.706. The van der Waals surface area contributed by atoms with Gasteiger partial charge in [0.1, 0.15) is 12.7 Å². The Balaban J connectivity index is 0.00000312. The van der Waals surface area contributed by atoms with Crippen LogP contribution in [0.15, 0.2) is 30.3 Å². The second-order valence-corrected chi connectivity index (χ2v) is 6.18. The molecule has 142 valence electrons. The summed E-state index contributed by atoms with van der Waals surface area (Å²) < 4.78 is 2.00. The van der Waals surface area contributed by atoms with Crippen molar-refractivity contribution in [3.8, 4) is 0 Å². The van der Waals surface area contributed by atoms with E-state index in [1.54, 1.807) is 12.7 Å². The van der Waals surface area contributed by atoms with Crippen molar-refractivity contribution in [2.75, 3.05) is 32.7 Å². The van der Waals surface area contributed by atoms with Crippen LogP contribution in [-0.2, 0) is 6.54 Å². The van der Waals surface area contributed by atoms with E-state index >= 15 is 0 Å². The van der Waals surface area contributed by atoms with Gasteiger partial charge in [0, 0.05) is 45.3 Å². The molecule has 0 aromatic carbocycles. The average Bonchev–Trinajstić information content (AvgIpc) is 3.10. The number of likely N-dealkylation sites (tertiary alicyclic amines) is 1. The highest BCUT2D eigenvalue weighted by Gasteiger charge is 2.18. The van der Waals surface area contributed by atoms with E-state index in [2.05, 4.69) is 39.2 Å². The molecular formula is C17H32IN7. The molecule has 1 aliphatic rings. The Hall–Kier alpha value is -1.16. The van der Waals surface area contributed by atoms with Gasteiger partial charge in [-0.25, -0.2) is 0 Å². The van der Waals surface area contributed by atoms with Crippen molar-refractivity contribution in [2.45, 2.75) is 45.2 Å². The first-order chi connectivity index (χ1) is 11.8. The minimum absolute atomic E-state index is 0. The normalized spacial score (nSPS) is 16.3. The lowest BCUT2D eigenvalue weighted by Gasteiger charge is -2.32. The zero-order valence-electron chi connectivity index (χ0n) is 15.2. The van der Waals surface area contributed by atoms with Gasteiger partial charge in [-0.05, 0) is 32.6 Å². The van der Waals surface area contributed by atoms with E-state index < -0.39 is 0 Å². The molecule has 1 aromatic rings. The lowest BCUT2D eigenvalue weighted by molar-refractivity contribution is 0.225. The van der Waals surface area contributed by atoms with Gasteiger partial charge < -0.3 is 15.2 Å². The summed E-state index contributed by atoms with van der Waals surface area (Å²) in [6, 6.07) is 0.515. The molecule has 0 radical (unpaired) electrons. The summed E-state index contributed by atoms with van der Waals surface area (Å²) in [6.07, 6.45) is 9.96. The quantitative estimate of drug-likeness (QED) is 0.193. The molecule has 1 aliphatic heterocycles. The molecule has 2 rings (SSSR count). The SMILES string of the molecule is C=CCN1CCC(NC(=NCCCCn2cnnc2)NCC)CC1.I. The number of aromatic nitrogens is 3. The number of halogens is 1. The number of hydrogen-bond donors (Lipinski definition) is 2. The van der Waals surface area contributed by atoms with E-state index in [-0.39, 0.29) is 24.0 Å². The van der Waals surface area contributed by atoms with E-state index in [1.165, 1.54) is 0 Å². The van der Waals surface area contributed by atoms with E-state index in [4.69, 9.17) is 4.99 Å². The van der Waals surface area contributed by atoms with E-state index in [0.29, 0.717) is 6.04 Å². The van der Waals surface area contributed by atoms with Gasteiger partial charge in [0.05, 0.1) is 0 Å². The summed E-state index contributed by atoms with van der Waals surface area (Å²) in [5, 5.41) is 14.6. The predicted molar refractivity (Wildman–Crippen MR) is 113 cm³/mol. The number of rotatable bonds is 9. The van der Waals surface area contributed by atoms with Crippen molar-refractivity contribution in [1.82, 2.24) is 30.3 Å². The molecule has 1 saturated heterocycles. The molecule has 0 bridgehead atoms. The molecule has 1 fully saturated rings. The first-order valence-electron chi connectivity index (χ1n) is 9.02. The fourth-order valence-electron chi connectivity index (χ4n) is 2.89. The maximum absolute atomic E-state index is 4.71. The van der Waals surface area contributed by atoms with Gasteiger partial charge in [0.2, 0.25) is 0 Å². The first-order valence-corrected chi connectivity index (χ1v) is 9.02. The Bertz CT molecular complexity index is 481. The third-order valence-electron chi connectivity index (χ3n) is 4.22. The van der Waals surface area contributed by atoms with Gasteiger partial charge in [0.15, 0.2) is 5.96 Å². The highest BCUT2D eigenvalue weighted by molar-refractivity contribution is 14.0. The number of hydrogen-bond acceptors (Lipinski definition) is 4. The molecular weight excluding hydrogens is 429 g/mol. The van der Waals surface area contributed by atoms with Gasteiger partial charge in [0.25, 0.3) is 0 Å². The Morgan fingerprint density at radius 3 is 2.64 bits per heavy atom. The molecule has 7 nitrogen and oxygen atoms in total. The summed E-state index contributed by atoms with van der Waals surface area (Å²) >= 11 is 0.